The summed E-state index contributed by atoms with van der Waals surface area (Å²) in [7, 11) is 0. The molecule has 0 saturated carbocycles. The van der Waals surface area contributed by atoms with Gasteiger partial charge in [-0.1, -0.05) is 24.6 Å². The molecule has 0 fully saturated rings. The van der Waals surface area contributed by atoms with Crippen molar-refractivity contribution in [3.05, 3.63) is 73.9 Å². The number of anilines is 2. The number of halogens is 2. The monoisotopic (exact) mass is 505 g/mol. The van der Waals surface area contributed by atoms with Crippen molar-refractivity contribution in [2.45, 2.75) is 32.9 Å². The number of benzene rings is 1. The first-order valence-corrected chi connectivity index (χ1v) is 12.5. The average Bonchev–Trinajstić information content (AvgIpc) is 3.24. The van der Waals surface area contributed by atoms with Crippen molar-refractivity contribution in [2.24, 2.45) is 4.99 Å². The third kappa shape index (κ3) is 7.01. The van der Waals surface area contributed by atoms with Crippen molar-refractivity contribution in [3.8, 4) is 0 Å². The van der Waals surface area contributed by atoms with Gasteiger partial charge >= 0.3 is 0 Å². The second kappa shape index (κ2) is 12.1. The molecule has 0 aliphatic rings. The summed E-state index contributed by atoms with van der Waals surface area (Å²) in [5.74, 6) is 0.927. The van der Waals surface area contributed by atoms with Crippen LogP contribution in [0.25, 0.3) is 5.70 Å². The van der Waals surface area contributed by atoms with Crippen LogP contribution < -0.4 is 10.6 Å². The Labute approximate surface area is 206 Å². The maximum absolute atomic E-state index is 13.9. The van der Waals surface area contributed by atoms with Crippen LogP contribution in [0.4, 0.5) is 15.9 Å². The molecule has 0 saturated heterocycles. The summed E-state index contributed by atoms with van der Waals surface area (Å²) in [6.07, 6.45) is 1.89. The number of aliphatic hydroxyl groups excluding tert-OH is 1. The van der Waals surface area contributed by atoms with Gasteiger partial charge in [-0.05, 0) is 55.3 Å². The van der Waals surface area contributed by atoms with Crippen molar-refractivity contribution >= 4 is 58.6 Å². The number of aliphatic hydroxyl groups is 1. The summed E-state index contributed by atoms with van der Waals surface area (Å²) in [4.78, 5) is 14.0. The van der Waals surface area contributed by atoms with Crippen LogP contribution in [0.5, 0.6) is 0 Å². The van der Waals surface area contributed by atoms with Crippen LogP contribution in [0.1, 0.15) is 41.1 Å². The molecule has 0 aliphatic carbocycles. The van der Waals surface area contributed by atoms with Gasteiger partial charge in [0.25, 0.3) is 0 Å². The van der Waals surface area contributed by atoms with E-state index in [1.807, 2.05) is 24.5 Å². The van der Waals surface area contributed by atoms with Crippen molar-refractivity contribution in [3.63, 3.8) is 0 Å². The first-order chi connectivity index (χ1) is 15.9. The smallest absolute Gasteiger partial charge is 0.147 e. The van der Waals surface area contributed by atoms with Crippen LogP contribution in [0.2, 0.25) is 5.02 Å². The minimum Gasteiger partial charge on any atom is -0.386 e. The van der Waals surface area contributed by atoms with Crippen LogP contribution in [0.15, 0.2) is 46.9 Å². The molecular weight excluding hydrogens is 481 g/mol. The van der Waals surface area contributed by atoms with Crippen LogP contribution in [-0.2, 0) is 13.0 Å². The lowest BCUT2D eigenvalue weighted by atomic mass is 10.2. The van der Waals surface area contributed by atoms with E-state index in [-0.39, 0.29) is 0 Å². The summed E-state index contributed by atoms with van der Waals surface area (Å²) in [5.41, 5.74) is 2.97. The first-order valence-electron chi connectivity index (χ1n) is 10.3. The second-order valence-corrected chi connectivity index (χ2v) is 9.36. The van der Waals surface area contributed by atoms with Gasteiger partial charge in [0, 0.05) is 17.8 Å². The Hall–Kier alpha value is -2.46. The number of aromatic nitrogens is 2. The molecule has 0 bridgehead atoms. The molecule has 3 rings (SSSR count). The molecule has 174 valence electrons. The van der Waals surface area contributed by atoms with E-state index in [0.717, 1.165) is 34.1 Å². The van der Waals surface area contributed by atoms with Gasteiger partial charge in [0.1, 0.15) is 22.7 Å². The highest BCUT2D eigenvalue weighted by atomic mass is 35.5. The Morgan fingerprint density at radius 3 is 2.82 bits per heavy atom. The summed E-state index contributed by atoms with van der Waals surface area (Å²) in [6, 6.07) is 8.33. The predicted molar refractivity (Wildman–Crippen MR) is 139 cm³/mol. The molecule has 6 nitrogen and oxygen atoms in total. The average molecular weight is 506 g/mol. The normalized spacial score (nSPS) is 12.5. The van der Waals surface area contributed by atoms with Gasteiger partial charge in [0.2, 0.25) is 0 Å². The summed E-state index contributed by atoms with van der Waals surface area (Å²) < 4.78 is 13.9. The van der Waals surface area contributed by atoms with E-state index in [0.29, 0.717) is 28.1 Å². The highest BCUT2D eigenvalue weighted by Crippen LogP contribution is 2.32. The van der Waals surface area contributed by atoms with Gasteiger partial charge in [-0.15, -0.1) is 23.1 Å². The zero-order valence-corrected chi connectivity index (χ0v) is 20.7. The SMILES string of the molecule is C=N/C(=C\SCNc1ccc(CNc2ccc(Cl)cc2F)cn1)c1sc(C(C)O)nc1CC. The Kier molecular flexibility index (Phi) is 9.25. The number of pyridine rings is 1. The van der Waals surface area contributed by atoms with E-state index in [1.54, 1.807) is 25.3 Å². The Balaban J connectivity index is 1.53. The molecule has 2 heterocycles. The molecular formula is C23H25ClFN5OS2. The van der Waals surface area contributed by atoms with Crippen LogP contribution >= 0.6 is 34.7 Å². The van der Waals surface area contributed by atoms with Gasteiger partial charge in [-0.25, -0.2) is 14.4 Å². The molecule has 1 unspecified atom stereocenters. The zero-order valence-electron chi connectivity index (χ0n) is 18.3. The first kappa shape index (κ1) is 25.2. The van der Waals surface area contributed by atoms with Crippen LogP contribution in [0.3, 0.4) is 0 Å². The maximum atomic E-state index is 13.9. The molecule has 0 radical (unpaired) electrons. The predicted octanol–water partition coefficient (Wildman–Crippen LogP) is 6.36. The number of nitrogens with zero attached hydrogens (tertiary/aromatic N) is 3. The minimum atomic E-state index is -0.608. The number of nitrogens with one attached hydrogen (secondary N) is 2. The van der Waals surface area contributed by atoms with Crippen LogP contribution in [0, 0.1) is 5.82 Å². The van der Waals surface area contributed by atoms with Gasteiger partial charge in [-0.3, -0.25) is 4.99 Å². The number of thiazole rings is 1. The Morgan fingerprint density at radius 2 is 2.18 bits per heavy atom. The zero-order chi connectivity index (χ0) is 23.8. The summed E-state index contributed by atoms with van der Waals surface area (Å²) in [6.45, 7) is 7.85. The second-order valence-electron chi connectivity index (χ2n) is 7.04. The lowest BCUT2D eigenvalue weighted by molar-refractivity contribution is 0.198. The van der Waals surface area contributed by atoms with Gasteiger partial charge in [0.05, 0.1) is 27.8 Å². The topological polar surface area (TPSA) is 82.4 Å². The number of aliphatic imine (C=N–C) groups is 1. The molecule has 2 aromatic heterocycles. The van der Waals surface area contributed by atoms with E-state index in [9.17, 15) is 9.50 Å². The molecule has 33 heavy (non-hydrogen) atoms. The summed E-state index contributed by atoms with van der Waals surface area (Å²) in [5, 5.41) is 19.1. The number of hydrogen-bond acceptors (Lipinski definition) is 8. The lowest BCUT2D eigenvalue weighted by Gasteiger charge is -2.09. The van der Waals surface area contributed by atoms with E-state index in [4.69, 9.17) is 11.6 Å². The third-order valence-corrected chi connectivity index (χ3v) is 6.81. The van der Waals surface area contributed by atoms with E-state index in [2.05, 4.69) is 32.3 Å². The summed E-state index contributed by atoms with van der Waals surface area (Å²) >= 11 is 8.75. The Morgan fingerprint density at radius 1 is 1.36 bits per heavy atom. The van der Waals surface area contributed by atoms with Crippen molar-refractivity contribution in [1.82, 2.24) is 9.97 Å². The number of hydrogen-bond donors (Lipinski definition) is 3. The quantitative estimate of drug-likeness (QED) is 0.160. The van der Waals surface area contributed by atoms with Crippen molar-refractivity contribution in [1.29, 1.82) is 0 Å². The third-order valence-electron chi connectivity index (χ3n) is 4.58. The van der Waals surface area contributed by atoms with E-state index < -0.39 is 11.9 Å². The molecule has 0 aliphatic heterocycles. The Bertz CT molecular complexity index is 1120. The van der Waals surface area contributed by atoms with Crippen molar-refractivity contribution < 1.29 is 9.50 Å². The van der Waals surface area contributed by atoms with Gasteiger partial charge in [0.15, 0.2) is 0 Å². The van der Waals surface area contributed by atoms with E-state index >= 15 is 0 Å². The number of thioether (sulfide) groups is 1. The molecule has 1 atom stereocenters. The molecule has 3 aromatic rings. The fourth-order valence-electron chi connectivity index (χ4n) is 2.85. The number of rotatable bonds is 11. The largest absolute Gasteiger partial charge is 0.386 e. The molecule has 3 N–H and O–H groups in total. The highest BCUT2D eigenvalue weighted by Gasteiger charge is 2.16. The van der Waals surface area contributed by atoms with Gasteiger partial charge < -0.3 is 15.7 Å². The molecule has 0 amide bonds. The fourth-order valence-corrected chi connectivity index (χ4v) is 4.82. The van der Waals surface area contributed by atoms with Crippen molar-refractivity contribution in [2.75, 3.05) is 16.5 Å². The van der Waals surface area contributed by atoms with Crippen LogP contribution in [-0.4, -0.2) is 27.7 Å². The van der Waals surface area contributed by atoms with Gasteiger partial charge in [-0.2, -0.15) is 0 Å². The minimum absolute atomic E-state index is 0.362. The molecule has 0 spiro atoms. The molecule has 1 aromatic carbocycles. The highest BCUT2D eigenvalue weighted by molar-refractivity contribution is 8.02. The number of aryl methyl sites for hydroxylation is 1. The molecule has 10 heteroatoms. The van der Waals surface area contributed by atoms with E-state index in [1.165, 1.54) is 29.2 Å². The maximum Gasteiger partial charge on any atom is 0.147 e. The standard InChI is InChI=1S/C23H25ClFN5OS2/c1-4-18-22(33-23(30-18)14(2)31)20(26-3)12-32-13-29-21-8-5-15(11-28-21)10-27-19-7-6-16(24)9-17(19)25/h5-9,11-12,14,27,31H,3-4,10,13H2,1-2H3,(H,28,29)/b20-12-. The fraction of sp³-hybridized carbons (Fsp3) is 0.261. The lowest BCUT2D eigenvalue weighted by Crippen LogP contribution is -2.03.